The van der Waals surface area contributed by atoms with E-state index in [4.69, 9.17) is 4.74 Å². The van der Waals surface area contributed by atoms with Gasteiger partial charge in [-0.15, -0.1) is 0 Å². The van der Waals surface area contributed by atoms with Gasteiger partial charge in [-0.05, 0) is 24.6 Å². The number of thioether (sulfide) groups is 1. The van der Waals surface area contributed by atoms with Gasteiger partial charge in [-0.2, -0.15) is 5.26 Å². The molecular formula is C21H17N3O3S. The summed E-state index contributed by atoms with van der Waals surface area (Å²) in [6.45, 7) is 2.07. The standard InChI is InChI=1S/C21H17N3O3S/c1-2-27-20(26)16-10-6-7-14(11-16)13-28-21-23-18(15-8-4-3-5-9-15)17(12-22)19(25)24-21/h3-11H,2,13H2,1H3,(H,23,24,25). The molecule has 6 nitrogen and oxygen atoms in total. The monoisotopic (exact) mass is 391 g/mol. The fraction of sp³-hybridized carbons (Fsp3) is 0.143. The average molecular weight is 391 g/mol. The number of hydrogen-bond donors (Lipinski definition) is 1. The molecular weight excluding hydrogens is 374 g/mol. The maximum Gasteiger partial charge on any atom is 0.338 e. The van der Waals surface area contributed by atoms with E-state index in [-0.39, 0.29) is 11.5 Å². The molecule has 0 fully saturated rings. The molecule has 0 aliphatic carbocycles. The van der Waals surface area contributed by atoms with Crippen LogP contribution in [0.2, 0.25) is 0 Å². The highest BCUT2D eigenvalue weighted by molar-refractivity contribution is 7.98. The maximum atomic E-state index is 12.3. The Labute approximate surface area is 166 Å². The third kappa shape index (κ3) is 4.48. The van der Waals surface area contributed by atoms with Crippen molar-refractivity contribution >= 4 is 17.7 Å². The molecule has 0 aliphatic heterocycles. The van der Waals surface area contributed by atoms with Gasteiger partial charge in [0.2, 0.25) is 0 Å². The number of nitrogens with one attached hydrogen (secondary N) is 1. The quantitative estimate of drug-likeness (QED) is 0.390. The smallest absolute Gasteiger partial charge is 0.338 e. The molecule has 0 saturated heterocycles. The minimum atomic E-state index is -0.473. The fourth-order valence-electron chi connectivity index (χ4n) is 2.58. The Morgan fingerprint density at radius 2 is 2.00 bits per heavy atom. The van der Waals surface area contributed by atoms with Crippen molar-refractivity contribution in [3.05, 3.63) is 81.6 Å². The Bertz CT molecular complexity index is 1090. The lowest BCUT2D eigenvalue weighted by Gasteiger charge is -2.07. The Hall–Kier alpha value is -3.37. The summed E-state index contributed by atoms with van der Waals surface area (Å²) < 4.78 is 5.02. The van der Waals surface area contributed by atoms with E-state index in [0.29, 0.717) is 34.3 Å². The van der Waals surface area contributed by atoms with Crippen molar-refractivity contribution in [3.8, 4) is 17.3 Å². The van der Waals surface area contributed by atoms with E-state index in [1.54, 1.807) is 37.3 Å². The summed E-state index contributed by atoms with van der Waals surface area (Å²) in [5.41, 5.74) is 1.94. The van der Waals surface area contributed by atoms with Gasteiger partial charge in [0.25, 0.3) is 5.56 Å². The molecule has 1 heterocycles. The van der Waals surface area contributed by atoms with Crippen LogP contribution in [0.25, 0.3) is 11.3 Å². The predicted octanol–water partition coefficient (Wildman–Crippen LogP) is 3.78. The van der Waals surface area contributed by atoms with Crippen LogP contribution in [0, 0.1) is 11.3 Å². The van der Waals surface area contributed by atoms with Gasteiger partial charge in [-0.25, -0.2) is 9.78 Å². The lowest BCUT2D eigenvalue weighted by atomic mass is 10.1. The van der Waals surface area contributed by atoms with Gasteiger partial charge in [0.1, 0.15) is 11.6 Å². The Morgan fingerprint density at radius 1 is 1.21 bits per heavy atom. The van der Waals surface area contributed by atoms with Crippen molar-refractivity contribution in [1.29, 1.82) is 5.26 Å². The number of ether oxygens (including phenoxy) is 1. The second kappa shape index (κ2) is 9.02. The number of benzene rings is 2. The van der Waals surface area contributed by atoms with Crippen LogP contribution in [0.1, 0.15) is 28.4 Å². The molecule has 0 unspecified atom stereocenters. The predicted molar refractivity (Wildman–Crippen MR) is 107 cm³/mol. The van der Waals surface area contributed by atoms with Gasteiger partial charge in [0.15, 0.2) is 5.16 Å². The first kappa shape index (κ1) is 19.4. The topological polar surface area (TPSA) is 95.8 Å². The third-order valence-electron chi connectivity index (χ3n) is 3.87. The van der Waals surface area contributed by atoms with E-state index in [1.165, 1.54) is 11.8 Å². The first-order valence-electron chi connectivity index (χ1n) is 8.61. The van der Waals surface area contributed by atoms with E-state index >= 15 is 0 Å². The highest BCUT2D eigenvalue weighted by atomic mass is 32.2. The van der Waals surface area contributed by atoms with Gasteiger partial charge in [-0.3, -0.25) is 4.79 Å². The highest BCUT2D eigenvalue weighted by Gasteiger charge is 2.14. The number of carbonyl (C=O) groups excluding carboxylic acids is 1. The van der Waals surface area contributed by atoms with Crippen molar-refractivity contribution < 1.29 is 9.53 Å². The van der Waals surface area contributed by atoms with Crippen molar-refractivity contribution in [2.75, 3.05) is 6.61 Å². The first-order valence-corrected chi connectivity index (χ1v) is 9.59. The van der Waals surface area contributed by atoms with Crippen molar-refractivity contribution in [3.63, 3.8) is 0 Å². The van der Waals surface area contributed by atoms with Crippen LogP contribution in [-0.4, -0.2) is 22.5 Å². The zero-order valence-corrected chi connectivity index (χ0v) is 16.0. The fourth-order valence-corrected chi connectivity index (χ4v) is 3.39. The number of rotatable bonds is 6. The summed E-state index contributed by atoms with van der Waals surface area (Å²) in [5, 5.41) is 9.73. The van der Waals surface area contributed by atoms with E-state index in [2.05, 4.69) is 9.97 Å². The minimum absolute atomic E-state index is 0.0140. The zero-order valence-electron chi connectivity index (χ0n) is 15.1. The van der Waals surface area contributed by atoms with Crippen LogP contribution in [0.4, 0.5) is 0 Å². The molecule has 0 amide bonds. The van der Waals surface area contributed by atoms with Crippen LogP contribution < -0.4 is 5.56 Å². The molecule has 1 N–H and O–H groups in total. The normalized spacial score (nSPS) is 10.3. The van der Waals surface area contributed by atoms with Crippen LogP contribution in [0.15, 0.2) is 64.5 Å². The molecule has 0 aliphatic rings. The molecule has 28 heavy (non-hydrogen) atoms. The van der Waals surface area contributed by atoms with Crippen LogP contribution >= 0.6 is 11.8 Å². The van der Waals surface area contributed by atoms with Gasteiger partial charge >= 0.3 is 5.97 Å². The molecule has 0 radical (unpaired) electrons. The minimum Gasteiger partial charge on any atom is -0.462 e. The van der Waals surface area contributed by atoms with Gasteiger partial charge < -0.3 is 9.72 Å². The first-order chi connectivity index (χ1) is 13.6. The molecule has 1 aromatic heterocycles. The second-order valence-corrected chi connectivity index (χ2v) is 6.75. The molecule has 0 spiro atoms. The van der Waals surface area contributed by atoms with E-state index < -0.39 is 5.56 Å². The number of aromatic amines is 1. The molecule has 3 rings (SSSR count). The van der Waals surface area contributed by atoms with Crippen molar-refractivity contribution in [2.24, 2.45) is 0 Å². The van der Waals surface area contributed by atoms with Gasteiger partial charge in [-0.1, -0.05) is 54.2 Å². The number of nitriles is 1. The average Bonchev–Trinajstić information content (AvgIpc) is 2.73. The molecule has 0 saturated carbocycles. The Kier molecular flexibility index (Phi) is 6.25. The van der Waals surface area contributed by atoms with Gasteiger partial charge in [0, 0.05) is 11.3 Å². The van der Waals surface area contributed by atoms with Gasteiger partial charge in [0.05, 0.1) is 17.9 Å². The lowest BCUT2D eigenvalue weighted by molar-refractivity contribution is 0.0526. The number of nitrogens with zero attached hydrogens (tertiary/aromatic N) is 2. The summed E-state index contributed by atoms with van der Waals surface area (Å²) in [5.74, 6) is 0.127. The summed E-state index contributed by atoms with van der Waals surface area (Å²) in [6.07, 6.45) is 0. The van der Waals surface area contributed by atoms with Crippen LogP contribution in [-0.2, 0) is 10.5 Å². The third-order valence-corrected chi connectivity index (χ3v) is 4.81. The molecule has 0 atom stereocenters. The Balaban J connectivity index is 1.85. The number of aromatic nitrogens is 2. The molecule has 2 aromatic carbocycles. The second-order valence-electron chi connectivity index (χ2n) is 5.78. The highest BCUT2D eigenvalue weighted by Crippen LogP contribution is 2.24. The lowest BCUT2D eigenvalue weighted by Crippen LogP contribution is -2.14. The number of H-pyrrole nitrogens is 1. The number of esters is 1. The summed E-state index contributed by atoms with van der Waals surface area (Å²) in [7, 11) is 0. The summed E-state index contributed by atoms with van der Waals surface area (Å²) in [6, 6.07) is 18.2. The Morgan fingerprint density at radius 3 is 2.71 bits per heavy atom. The van der Waals surface area contributed by atoms with Crippen LogP contribution in [0.5, 0.6) is 0 Å². The zero-order chi connectivity index (χ0) is 19.9. The van der Waals surface area contributed by atoms with Crippen molar-refractivity contribution in [2.45, 2.75) is 17.8 Å². The largest absolute Gasteiger partial charge is 0.462 e. The van der Waals surface area contributed by atoms with Crippen LogP contribution in [0.3, 0.4) is 0 Å². The maximum absolute atomic E-state index is 12.3. The molecule has 0 bridgehead atoms. The number of hydrogen-bond acceptors (Lipinski definition) is 6. The van der Waals surface area contributed by atoms with Crippen molar-refractivity contribution in [1.82, 2.24) is 9.97 Å². The number of carbonyl (C=O) groups is 1. The summed E-state index contributed by atoms with van der Waals surface area (Å²) in [4.78, 5) is 31.3. The summed E-state index contributed by atoms with van der Waals surface area (Å²) >= 11 is 1.32. The molecule has 3 aromatic rings. The SMILES string of the molecule is CCOC(=O)c1cccc(CSc2nc(-c3ccccc3)c(C#N)c(=O)[nH]2)c1. The molecule has 140 valence electrons. The van der Waals surface area contributed by atoms with E-state index in [0.717, 1.165) is 5.56 Å². The van der Waals surface area contributed by atoms with E-state index in [1.807, 2.05) is 30.3 Å². The molecule has 7 heteroatoms. The van der Waals surface area contributed by atoms with E-state index in [9.17, 15) is 14.9 Å².